The minimum absolute atomic E-state index is 0.527. The van der Waals surface area contributed by atoms with Gasteiger partial charge in [-0.05, 0) is 42.6 Å². The third kappa shape index (κ3) is 2.88. The number of nitrogens with zero attached hydrogens (tertiary/aromatic N) is 3. The lowest BCUT2D eigenvalue weighted by Gasteiger charge is -2.08. The van der Waals surface area contributed by atoms with Crippen molar-refractivity contribution in [3.05, 3.63) is 40.0 Å². The van der Waals surface area contributed by atoms with Crippen molar-refractivity contribution in [3.63, 3.8) is 0 Å². The van der Waals surface area contributed by atoms with Crippen molar-refractivity contribution in [2.24, 2.45) is 0 Å². The fourth-order valence-corrected chi connectivity index (χ4v) is 3.35. The number of aryl methyl sites for hydroxylation is 2. The second-order valence-corrected chi connectivity index (χ2v) is 6.52. The number of nitrogens with two attached hydrogens (primary N) is 1. The second kappa shape index (κ2) is 5.79. The summed E-state index contributed by atoms with van der Waals surface area (Å²) in [5.41, 5.74) is 10.1. The van der Waals surface area contributed by atoms with Crippen LogP contribution in [-0.4, -0.2) is 14.3 Å². The molecule has 3 aromatic heterocycles. The lowest BCUT2D eigenvalue weighted by molar-refractivity contribution is 1.10. The molecule has 0 spiro atoms. The van der Waals surface area contributed by atoms with E-state index in [1.54, 1.807) is 17.5 Å². The molecular formula is C14H15N5S2. The maximum Gasteiger partial charge on any atom is 0.148 e. The highest BCUT2D eigenvalue weighted by Gasteiger charge is 2.16. The van der Waals surface area contributed by atoms with E-state index < -0.39 is 0 Å². The fraction of sp³-hybridized carbons (Fsp3) is 0.214. The Morgan fingerprint density at radius 2 is 2.19 bits per heavy atom. The molecule has 0 radical (unpaired) electrons. The van der Waals surface area contributed by atoms with Crippen molar-refractivity contribution in [1.29, 1.82) is 0 Å². The maximum atomic E-state index is 6.00. The average Bonchev–Trinajstić information content (AvgIpc) is 3.04. The van der Waals surface area contributed by atoms with Gasteiger partial charge in [0.1, 0.15) is 10.8 Å². The second-order valence-electron chi connectivity index (χ2n) is 4.68. The largest absolute Gasteiger partial charge is 0.382 e. The van der Waals surface area contributed by atoms with Crippen molar-refractivity contribution in [2.45, 2.75) is 20.4 Å². The van der Waals surface area contributed by atoms with E-state index in [0.717, 1.165) is 26.8 Å². The molecule has 21 heavy (non-hydrogen) atoms. The molecule has 0 atom stereocenters. The van der Waals surface area contributed by atoms with Crippen molar-refractivity contribution >= 4 is 33.7 Å². The van der Waals surface area contributed by atoms with Gasteiger partial charge >= 0.3 is 0 Å². The Kier molecular flexibility index (Phi) is 3.85. The molecule has 3 N–H and O–H groups in total. The van der Waals surface area contributed by atoms with Crippen LogP contribution in [0.15, 0.2) is 23.8 Å². The summed E-state index contributed by atoms with van der Waals surface area (Å²) in [6.07, 6.45) is 3.67. The topological polar surface area (TPSA) is 76.7 Å². The molecule has 3 heterocycles. The van der Waals surface area contributed by atoms with E-state index in [0.29, 0.717) is 12.4 Å². The SMILES string of the molecule is Cc1nc(-c2c(N)nsc2NCc2ccncc2C)cs1. The molecule has 0 saturated carbocycles. The Labute approximate surface area is 131 Å². The highest BCUT2D eigenvalue weighted by Crippen LogP contribution is 2.37. The van der Waals surface area contributed by atoms with Gasteiger partial charge in [0.25, 0.3) is 0 Å². The van der Waals surface area contributed by atoms with Crippen molar-refractivity contribution in [2.75, 3.05) is 11.1 Å². The van der Waals surface area contributed by atoms with E-state index in [-0.39, 0.29) is 0 Å². The summed E-state index contributed by atoms with van der Waals surface area (Å²) >= 11 is 2.98. The van der Waals surface area contributed by atoms with E-state index >= 15 is 0 Å². The van der Waals surface area contributed by atoms with Gasteiger partial charge in [0.05, 0.1) is 16.3 Å². The first-order valence-corrected chi connectivity index (χ1v) is 8.11. The van der Waals surface area contributed by atoms with Gasteiger partial charge in [0.2, 0.25) is 0 Å². The lowest BCUT2D eigenvalue weighted by Crippen LogP contribution is -2.01. The smallest absolute Gasteiger partial charge is 0.148 e. The first kappa shape index (κ1) is 14.0. The monoisotopic (exact) mass is 317 g/mol. The minimum Gasteiger partial charge on any atom is -0.382 e. The van der Waals surface area contributed by atoms with Crippen molar-refractivity contribution < 1.29 is 0 Å². The summed E-state index contributed by atoms with van der Waals surface area (Å²) in [5.74, 6) is 0.527. The predicted molar refractivity (Wildman–Crippen MR) is 88.7 cm³/mol. The molecule has 0 fully saturated rings. The third-order valence-electron chi connectivity index (χ3n) is 3.17. The van der Waals surface area contributed by atoms with Gasteiger partial charge in [0, 0.05) is 24.3 Å². The zero-order chi connectivity index (χ0) is 14.8. The van der Waals surface area contributed by atoms with Crippen LogP contribution in [0.4, 0.5) is 10.8 Å². The number of thiazole rings is 1. The molecular weight excluding hydrogens is 302 g/mol. The number of pyridine rings is 1. The summed E-state index contributed by atoms with van der Waals surface area (Å²) < 4.78 is 4.25. The van der Waals surface area contributed by atoms with Crippen LogP contribution in [0.25, 0.3) is 11.3 Å². The van der Waals surface area contributed by atoms with E-state index in [4.69, 9.17) is 5.73 Å². The minimum atomic E-state index is 0.527. The number of anilines is 2. The molecule has 0 saturated heterocycles. The normalized spacial score (nSPS) is 10.8. The fourth-order valence-electron chi connectivity index (χ4n) is 2.02. The number of hydrogen-bond donors (Lipinski definition) is 2. The highest BCUT2D eigenvalue weighted by atomic mass is 32.1. The molecule has 0 aliphatic rings. The van der Waals surface area contributed by atoms with E-state index in [2.05, 4.69) is 26.6 Å². The zero-order valence-corrected chi connectivity index (χ0v) is 13.4. The summed E-state index contributed by atoms with van der Waals surface area (Å²) in [6.45, 7) is 4.75. The van der Waals surface area contributed by atoms with Crippen LogP contribution < -0.4 is 11.1 Å². The molecule has 0 aliphatic carbocycles. The zero-order valence-electron chi connectivity index (χ0n) is 11.8. The first-order chi connectivity index (χ1) is 10.1. The quantitative estimate of drug-likeness (QED) is 0.770. The van der Waals surface area contributed by atoms with Crippen LogP contribution in [0.1, 0.15) is 16.1 Å². The number of hydrogen-bond acceptors (Lipinski definition) is 7. The molecule has 3 rings (SSSR count). The number of nitrogen functional groups attached to an aromatic ring is 1. The van der Waals surface area contributed by atoms with Gasteiger partial charge in [0.15, 0.2) is 0 Å². The third-order valence-corrected chi connectivity index (χ3v) is 4.76. The van der Waals surface area contributed by atoms with Crippen molar-refractivity contribution in [3.8, 4) is 11.3 Å². The van der Waals surface area contributed by atoms with Crippen LogP contribution in [0.3, 0.4) is 0 Å². The van der Waals surface area contributed by atoms with Crippen LogP contribution >= 0.6 is 22.9 Å². The Morgan fingerprint density at radius 3 is 2.90 bits per heavy atom. The highest BCUT2D eigenvalue weighted by molar-refractivity contribution is 7.11. The molecule has 3 aromatic rings. The first-order valence-electron chi connectivity index (χ1n) is 6.46. The Balaban J connectivity index is 1.85. The Hall–Kier alpha value is -1.99. The van der Waals surface area contributed by atoms with Gasteiger partial charge in [-0.25, -0.2) is 4.98 Å². The molecule has 0 aromatic carbocycles. The Morgan fingerprint density at radius 1 is 1.33 bits per heavy atom. The molecule has 108 valence electrons. The van der Waals surface area contributed by atoms with Crippen LogP contribution in [-0.2, 0) is 6.54 Å². The standard InChI is InChI=1S/C14H15N5S2/c1-8-5-16-4-3-10(8)6-17-14-12(13(15)19-21-14)11-7-20-9(2)18-11/h3-5,7,17H,6H2,1-2H3,(H2,15,19). The number of rotatable bonds is 4. The molecule has 0 amide bonds. The van der Waals surface area contributed by atoms with E-state index in [9.17, 15) is 0 Å². The van der Waals surface area contributed by atoms with Gasteiger partial charge in [-0.1, -0.05) is 0 Å². The summed E-state index contributed by atoms with van der Waals surface area (Å²) in [6, 6.07) is 2.01. The maximum absolute atomic E-state index is 6.00. The molecule has 0 unspecified atom stereocenters. The summed E-state index contributed by atoms with van der Waals surface area (Å²) in [4.78, 5) is 8.61. The van der Waals surface area contributed by atoms with Crippen LogP contribution in [0, 0.1) is 13.8 Å². The Bertz CT molecular complexity index is 762. The van der Waals surface area contributed by atoms with Crippen LogP contribution in [0.2, 0.25) is 0 Å². The van der Waals surface area contributed by atoms with E-state index in [1.165, 1.54) is 17.1 Å². The lowest BCUT2D eigenvalue weighted by atomic mass is 10.1. The summed E-state index contributed by atoms with van der Waals surface area (Å²) in [5, 5.41) is 7.40. The van der Waals surface area contributed by atoms with Gasteiger partial charge in [-0.15, -0.1) is 11.3 Å². The van der Waals surface area contributed by atoms with Gasteiger partial charge in [-0.3, -0.25) is 4.98 Å². The number of nitrogens with one attached hydrogen (secondary N) is 1. The number of aromatic nitrogens is 3. The summed E-state index contributed by atoms with van der Waals surface area (Å²) in [7, 11) is 0. The van der Waals surface area contributed by atoms with Gasteiger partial charge < -0.3 is 11.1 Å². The van der Waals surface area contributed by atoms with Crippen molar-refractivity contribution in [1.82, 2.24) is 14.3 Å². The van der Waals surface area contributed by atoms with E-state index in [1.807, 2.05) is 24.6 Å². The van der Waals surface area contributed by atoms with Gasteiger partial charge in [-0.2, -0.15) is 4.37 Å². The average molecular weight is 317 g/mol. The molecule has 0 bridgehead atoms. The predicted octanol–water partition coefficient (Wildman–Crippen LogP) is 3.47. The van der Waals surface area contributed by atoms with Crippen LogP contribution in [0.5, 0.6) is 0 Å². The molecule has 0 aliphatic heterocycles. The molecule has 5 nitrogen and oxygen atoms in total. The molecule has 7 heteroatoms.